The topological polar surface area (TPSA) is 117 Å². The van der Waals surface area contributed by atoms with Crippen molar-refractivity contribution in [2.75, 3.05) is 25.5 Å². The number of nitrogens with zero attached hydrogens (tertiary/aromatic N) is 3. The fourth-order valence-corrected chi connectivity index (χ4v) is 4.86. The maximum atomic E-state index is 13.1. The molecule has 1 aliphatic rings. The van der Waals surface area contributed by atoms with Crippen molar-refractivity contribution in [1.29, 1.82) is 0 Å². The number of benzene rings is 2. The lowest BCUT2D eigenvalue weighted by molar-refractivity contribution is 0.0599. The summed E-state index contributed by atoms with van der Waals surface area (Å²) in [5.74, 6) is -0.390. The van der Waals surface area contributed by atoms with Crippen molar-refractivity contribution >= 4 is 23.5 Å². The Kier molecular flexibility index (Phi) is 7.49. The number of aromatic amines is 1. The van der Waals surface area contributed by atoms with Gasteiger partial charge in [-0.2, -0.15) is 5.10 Å². The van der Waals surface area contributed by atoms with Gasteiger partial charge in [0.05, 0.1) is 18.4 Å². The van der Waals surface area contributed by atoms with Gasteiger partial charge in [0, 0.05) is 30.5 Å². The quantitative estimate of drug-likeness (QED) is 0.349. The highest BCUT2D eigenvalue weighted by Crippen LogP contribution is 2.30. The summed E-state index contributed by atoms with van der Waals surface area (Å²) in [5.41, 5.74) is 5.31. The molecule has 39 heavy (non-hydrogen) atoms. The molecule has 2 aromatic carbocycles. The van der Waals surface area contributed by atoms with Crippen molar-refractivity contribution in [3.05, 3.63) is 101 Å². The van der Waals surface area contributed by atoms with Crippen LogP contribution in [0.1, 0.15) is 61.1 Å². The van der Waals surface area contributed by atoms with Crippen LogP contribution >= 0.6 is 0 Å². The molecule has 2 N–H and O–H groups in total. The van der Waals surface area contributed by atoms with Crippen LogP contribution in [0.3, 0.4) is 0 Å². The molecule has 2 aromatic heterocycles. The highest BCUT2D eigenvalue weighted by molar-refractivity contribution is 6.03. The van der Waals surface area contributed by atoms with Gasteiger partial charge < -0.3 is 15.0 Å². The summed E-state index contributed by atoms with van der Waals surface area (Å²) >= 11 is 0. The van der Waals surface area contributed by atoms with Gasteiger partial charge in [-0.25, -0.2) is 4.79 Å². The van der Waals surface area contributed by atoms with E-state index >= 15 is 0 Å². The van der Waals surface area contributed by atoms with Gasteiger partial charge in [-0.15, -0.1) is 0 Å². The Morgan fingerprint density at radius 3 is 2.41 bits per heavy atom. The van der Waals surface area contributed by atoms with E-state index in [2.05, 4.69) is 20.5 Å². The standard InChI is InChI=1S/C30H29N5O4/c1-19-17-22(30(38)39-2)8-11-24(19)29(37)35-15-12-21(13-16-35)20-6-9-23(10-7-20)32-28(36)27-18-26(33-34-27)25-5-3-4-14-31-25/h3-11,14,17-18,21H,12-13,15-16H2,1-2H3,(H,32,36)(H,33,34). The van der Waals surface area contributed by atoms with Gasteiger partial charge in [0.15, 0.2) is 0 Å². The number of piperidine rings is 1. The second-order valence-electron chi connectivity index (χ2n) is 9.55. The number of ether oxygens (including phenoxy) is 1. The Hall–Kier alpha value is -4.79. The summed E-state index contributed by atoms with van der Waals surface area (Å²) in [4.78, 5) is 43.7. The van der Waals surface area contributed by atoms with Crippen molar-refractivity contribution < 1.29 is 19.1 Å². The molecule has 0 radical (unpaired) electrons. The molecule has 0 bridgehead atoms. The molecule has 9 nitrogen and oxygen atoms in total. The van der Waals surface area contributed by atoms with Crippen LogP contribution in [0.4, 0.5) is 5.69 Å². The number of carbonyl (C=O) groups excluding carboxylic acids is 3. The van der Waals surface area contributed by atoms with E-state index in [-0.39, 0.29) is 11.8 Å². The summed E-state index contributed by atoms with van der Waals surface area (Å²) < 4.78 is 4.76. The molecule has 198 valence electrons. The fraction of sp³-hybridized carbons (Fsp3) is 0.233. The number of rotatable bonds is 6. The third kappa shape index (κ3) is 5.72. The number of amides is 2. The van der Waals surface area contributed by atoms with Gasteiger partial charge in [0.25, 0.3) is 11.8 Å². The molecule has 2 amide bonds. The molecule has 0 aliphatic carbocycles. The Balaban J connectivity index is 1.16. The third-order valence-corrected chi connectivity index (χ3v) is 7.05. The van der Waals surface area contributed by atoms with Crippen LogP contribution in [0, 0.1) is 6.92 Å². The summed E-state index contributed by atoms with van der Waals surface area (Å²) in [6, 6.07) is 20.1. The van der Waals surface area contributed by atoms with E-state index < -0.39 is 5.97 Å². The zero-order chi connectivity index (χ0) is 27.4. The third-order valence-electron chi connectivity index (χ3n) is 7.05. The first-order valence-corrected chi connectivity index (χ1v) is 12.8. The Labute approximate surface area is 226 Å². The number of likely N-dealkylation sites (tertiary alicyclic amines) is 1. The lowest BCUT2D eigenvalue weighted by atomic mass is 9.89. The first-order chi connectivity index (χ1) is 18.9. The van der Waals surface area contributed by atoms with Crippen molar-refractivity contribution in [3.63, 3.8) is 0 Å². The van der Waals surface area contributed by atoms with Gasteiger partial charge in [0.2, 0.25) is 0 Å². The zero-order valence-electron chi connectivity index (χ0n) is 21.8. The minimum absolute atomic E-state index is 0.0227. The molecule has 1 fully saturated rings. The molecular formula is C30H29N5O4. The zero-order valence-corrected chi connectivity index (χ0v) is 21.8. The van der Waals surface area contributed by atoms with Crippen LogP contribution in [0.5, 0.6) is 0 Å². The van der Waals surface area contributed by atoms with Crippen LogP contribution < -0.4 is 5.32 Å². The van der Waals surface area contributed by atoms with Crippen molar-refractivity contribution in [2.45, 2.75) is 25.7 Å². The number of carbonyl (C=O) groups is 3. The number of hydrogen-bond acceptors (Lipinski definition) is 6. The predicted octanol–water partition coefficient (Wildman–Crippen LogP) is 4.84. The average Bonchev–Trinajstić information content (AvgIpc) is 3.48. The van der Waals surface area contributed by atoms with E-state index in [9.17, 15) is 14.4 Å². The average molecular weight is 524 g/mol. The Morgan fingerprint density at radius 2 is 1.74 bits per heavy atom. The van der Waals surface area contributed by atoms with Crippen molar-refractivity contribution in [1.82, 2.24) is 20.1 Å². The molecule has 0 atom stereocenters. The first kappa shape index (κ1) is 25.8. The van der Waals surface area contributed by atoms with Crippen LogP contribution in [-0.4, -0.2) is 58.1 Å². The summed E-state index contributed by atoms with van der Waals surface area (Å²) in [6.07, 6.45) is 3.38. The highest BCUT2D eigenvalue weighted by atomic mass is 16.5. The molecule has 0 spiro atoms. The van der Waals surface area contributed by atoms with E-state index in [1.807, 2.05) is 54.3 Å². The Bertz CT molecular complexity index is 1490. The number of aryl methyl sites for hydroxylation is 1. The molecule has 1 saturated heterocycles. The lowest BCUT2D eigenvalue weighted by Crippen LogP contribution is -2.38. The molecule has 4 aromatic rings. The van der Waals surface area contributed by atoms with Gasteiger partial charge >= 0.3 is 5.97 Å². The number of H-pyrrole nitrogens is 1. The smallest absolute Gasteiger partial charge is 0.337 e. The SMILES string of the molecule is COC(=O)c1ccc(C(=O)N2CCC(c3ccc(NC(=O)c4cc(-c5ccccn5)n[nH]4)cc3)CC2)c(C)c1. The van der Waals surface area contributed by atoms with E-state index in [1.165, 1.54) is 12.7 Å². The van der Waals surface area contributed by atoms with E-state index in [0.717, 1.165) is 18.4 Å². The molecule has 3 heterocycles. The van der Waals surface area contributed by atoms with Gasteiger partial charge in [-0.1, -0.05) is 18.2 Å². The summed E-state index contributed by atoms with van der Waals surface area (Å²) in [5, 5.41) is 9.86. The number of pyridine rings is 1. The van der Waals surface area contributed by atoms with Crippen LogP contribution in [0.25, 0.3) is 11.4 Å². The normalized spacial score (nSPS) is 13.6. The molecule has 0 saturated carbocycles. The fourth-order valence-electron chi connectivity index (χ4n) is 4.86. The van der Waals surface area contributed by atoms with E-state index in [1.54, 1.807) is 30.5 Å². The second kappa shape index (κ2) is 11.3. The maximum Gasteiger partial charge on any atom is 0.337 e. The van der Waals surface area contributed by atoms with Crippen molar-refractivity contribution in [3.8, 4) is 11.4 Å². The van der Waals surface area contributed by atoms with Crippen LogP contribution in [0.2, 0.25) is 0 Å². The minimum atomic E-state index is -0.417. The number of aromatic nitrogens is 3. The molecule has 9 heteroatoms. The molecule has 5 rings (SSSR count). The number of nitrogens with one attached hydrogen (secondary N) is 2. The number of hydrogen-bond donors (Lipinski definition) is 2. The van der Waals surface area contributed by atoms with Crippen molar-refractivity contribution in [2.24, 2.45) is 0 Å². The maximum absolute atomic E-state index is 13.1. The lowest BCUT2D eigenvalue weighted by Gasteiger charge is -2.32. The van der Waals surface area contributed by atoms with Gasteiger partial charge in [-0.05, 0) is 85.3 Å². The monoisotopic (exact) mass is 523 g/mol. The van der Waals surface area contributed by atoms with Crippen LogP contribution in [-0.2, 0) is 4.74 Å². The summed E-state index contributed by atoms with van der Waals surface area (Å²) in [6.45, 7) is 3.13. The van der Waals surface area contributed by atoms with E-state index in [4.69, 9.17) is 4.74 Å². The largest absolute Gasteiger partial charge is 0.465 e. The number of anilines is 1. The molecule has 0 unspecified atom stereocenters. The molecule has 1 aliphatic heterocycles. The predicted molar refractivity (Wildman–Crippen MR) is 147 cm³/mol. The summed E-state index contributed by atoms with van der Waals surface area (Å²) in [7, 11) is 1.34. The number of methoxy groups -OCH3 is 1. The van der Waals surface area contributed by atoms with Gasteiger partial charge in [-0.3, -0.25) is 19.7 Å². The van der Waals surface area contributed by atoms with E-state index in [0.29, 0.717) is 52.9 Å². The second-order valence-corrected chi connectivity index (χ2v) is 9.55. The van der Waals surface area contributed by atoms with Crippen LogP contribution in [0.15, 0.2) is 72.9 Å². The molecular weight excluding hydrogens is 494 g/mol. The number of esters is 1. The Morgan fingerprint density at radius 1 is 0.974 bits per heavy atom. The van der Waals surface area contributed by atoms with Gasteiger partial charge in [0.1, 0.15) is 11.4 Å². The first-order valence-electron chi connectivity index (χ1n) is 12.8. The highest BCUT2D eigenvalue weighted by Gasteiger charge is 2.26. The minimum Gasteiger partial charge on any atom is -0.465 e.